The van der Waals surface area contributed by atoms with Crippen molar-refractivity contribution >= 4 is 5.91 Å². The molecule has 158 valence electrons. The normalized spacial score (nSPS) is 19.5. The Labute approximate surface area is 168 Å². The minimum absolute atomic E-state index is 0.137. The SMILES string of the molecule is COc1ccc(OC)c(C[NH+]2CC[NH+](CC(=O)NCCCOC(C)C)CC2)c1. The van der Waals surface area contributed by atoms with E-state index in [0.29, 0.717) is 19.7 Å². The number of ether oxygens (including phenoxy) is 3. The van der Waals surface area contributed by atoms with Crippen LogP contribution >= 0.6 is 0 Å². The molecule has 1 saturated heterocycles. The zero-order chi connectivity index (χ0) is 20.4. The van der Waals surface area contributed by atoms with Crippen molar-refractivity contribution in [2.24, 2.45) is 0 Å². The van der Waals surface area contributed by atoms with E-state index < -0.39 is 0 Å². The lowest BCUT2D eigenvalue weighted by Crippen LogP contribution is -3.28. The van der Waals surface area contributed by atoms with Gasteiger partial charge in [-0.25, -0.2) is 0 Å². The molecule has 0 unspecified atom stereocenters. The van der Waals surface area contributed by atoms with Gasteiger partial charge in [0, 0.05) is 13.2 Å². The lowest BCUT2D eigenvalue weighted by molar-refractivity contribution is -1.02. The van der Waals surface area contributed by atoms with E-state index in [-0.39, 0.29) is 12.0 Å². The maximum atomic E-state index is 12.1. The van der Waals surface area contributed by atoms with Gasteiger partial charge in [0.15, 0.2) is 6.54 Å². The summed E-state index contributed by atoms with van der Waals surface area (Å²) in [5, 5.41) is 3.01. The van der Waals surface area contributed by atoms with Crippen LogP contribution in [0.15, 0.2) is 18.2 Å². The summed E-state index contributed by atoms with van der Waals surface area (Å²) in [5.74, 6) is 1.90. The summed E-state index contributed by atoms with van der Waals surface area (Å²) in [6, 6.07) is 5.94. The Morgan fingerprint density at radius 3 is 2.46 bits per heavy atom. The number of hydrogen-bond acceptors (Lipinski definition) is 4. The van der Waals surface area contributed by atoms with Gasteiger partial charge in [-0.05, 0) is 38.5 Å². The Morgan fingerprint density at radius 1 is 1.11 bits per heavy atom. The van der Waals surface area contributed by atoms with E-state index in [4.69, 9.17) is 14.2 Å². The average Bonchev–Trinajstić information content (AvgIpc) is 2.69. The van der Waals surface area contributed by atoms with Crippen molar-refractivity contribution in [2.75, 3.05) is 60.1 Å². The second kappa shape index (κ2) is 11.9. The van der Waals surface area contributed by atoms with E-state index in [1.807, 2.05) is 26.0 Å². The van der Waals surface area contributed by atoms with Crippen molar-refractivity contribution in [1.82, 2.24) is 5.32 Å². The number of piperazine rings is 1. The molecule has 7 nitrogen and oxygen atoms in total. The quantitative estimate of drug-likeness (QED) is 0.417. The maximum Gasteiger partial charge on any atom is 0.275 e. The molecule has 3 N–H and O–H groups in total. The van der Waals surface area contributed by atoms with Crippen molar-refractivity contribution in [3.63, 3.8) is 0 Å². The smallest absolute Gasteiger partial charge is 0.275 e. The fourth-order valence-electron chi connectivity index (χ4n) is 3.51. The van der Waals surface area contributed by atoms with Crippen LogP contribution in [0.5, 0.6) is 11.5 Å². The Balaban J connectivity index is 1.69. The van der Waals surface area contributed by atoms with Gasteiger partial charge in [-0.1, -0.05) is 0 Å². The van der Waals surface area contributed by atoms with Gasteiger partial charge in [0.2, 0.25) is 0 Å². The summed E-state index contributed by atoms with van der Waals surface area (Å²) in [5.41, 5.74) is 1.17. The van der Waals surface area contributed by atoms with Crippen LogP contribution < -0.4 is 24.6 Å². The highest BCUT2D eigenvalue weighted by Gasteiger charge is 2.25. The van der Waals surface area contributed by atoms with Crippen molar-refractivity contribution < 1.29 is 28.8 Å². The van der Waals surface area contributed by atoms with E-state index >= 15 is 0 Å². The molecule has 0 bridgehead atoms. The summed E-state index contributed by atoms with van der Waals surface area (Å²) in [7, 11) is 3.39. The Bertz CT molecular complexity index is 601. The molecule has 1 aliphatic rings. The lowest BCUT2D eigenvalue weighted by Gasteiger charge is -2.29. The highest BCUT2D eigenvalue weighted by atomic mass is 16.5. The van der Waals surface area contributed by atoms with Gasteiger partial charge in [0.25, 0.3) is 5.91 Å². The minimum atomic E-state index is 0.137. The molecule has 0 aromatic heterocycles. The summed E-state index contributed by atoms with van der Waals surface area (Å²) in [6.45, 7) is 11.0. The monoisotopic (exact) mass is 395 g/mol. The van der Waals surface area contributed by atoms with E-state index in [0.717, 1.165) is 50.6 Å². The first-order valence-electron chi connectivity index (χ1n) is 10.3. The molecular formula is C21H37N3O4+2. The van der Waals surface area contributed by atoms with Gasteiger partial charge in [-0.15, -0.1) is 0 Å². The number of amides is 1. The van der Waals surface area contributed by atoms with Gasteiger partial charge in [0.05, 0.1) is 25.9 Å². The van der Waals surface area contributed by atoms with E-state index in [9.17, 15) is 4.79 Å². The fourth-order valence-corrected chi connectivity index (χ4v) is 3.51. The number of quaternary nitrogens is 2. The van der Waals surface area contributed by atoms with Crippen LogP contribution in [0, 0.1) is 0 Å². The second-order valence-corrected chi connectivity index (χ2v) is 7.65. The van der Waals surface area contributed by atoms with Crippen molar-refractivity contribution in [1.29, 1.82) is 0 Å². The van der Waals surface area contributed by atoms with Crippen molar-refractivity contribution in [3.8, 4) is 11.5 Å². The molecule has 2 rings (SSSR count). The predicted octanol–water partition coefficient (Wildman–Crippen LogP) is -1.08. The zero-order valence-corrected chi connectivity index (χ0v) is 17.8. The van der Waals surface area contributed by atoms with Crippen LogP contribution in [-0.4, -0.2) is 72.1 Å². The molecule has 0 saturated carbocycles. The first kappa shape index (κ1) is 22.5. The van der Waals surface area contributed by atoms with E-state index in [2.05, 4.69) is 11.4 Å². The van der Waals surface area contributed by atoms with Crippen LogP contribution in [0.2, 0.25) is 0 Å². The molecule has 0 aliphatic carbocycles. The average molecular weight is 396 g/mol. The molecule has 1 aromatic carbocycles. The first-order chi connectivity index (χ1) is 13.5. The van der Waals surface area contributed by atoms with E-state index in [1.54, 1.807) is 14.2 Å². The van der Waals surface area contributed by atoms with Crippen LogP contribution in [0.4, 0.5) is 0 Å². The molecule has 7 heteroatoms. The number of carbonyl (C=O) groups is 1. The first-order valence-corrected chi connectivity index (χ1v) is 10.3. The third-order valence-electron chi connectivity index (χ3n) is 5.10. The molecule has 0 spiro atoms. The van der Waals surface area contributed by atoms with Gasteiger partial charge >= 0.3 is 0 Å². The Hall–Kier alpha value is -1.83. The predicted molar refractivity (Wildman–Crippen MR) is 108 cm³/mol. The summed E-state index contributed by atoms with van der Waals surface area (Å²) in [6.07, 6.45) is 1.11. The van der Waals surface area contributed by atoms with Gasteiger partial charge in [-0.3, -0.25) is 4.79 Å². The molecular weight excluding hydrogens is 358 g/mol. The van der Waals surface area contributed by atoms with Gasteiger partial charge < -0.3 is 29.3 Å². The minimum Gasteiger partial charge on any atom is -0.497 e. The molecule has 1 amide bonds. The van der Waals surface area contributed by atoms with Crippen LogP contribution in [0.25, 0.3) is 0 Å². The summed E-state index contributed by atoms with van der Waals surface area (Å²) in [4.78, 5) is 15.0. The Kier molecular flexibility index (Phi) is 9.54. The molecule has 1 heterocycles. The molecule has 1 aliphatic heterocycles. The third kappa shape index (κ3) is 7.66. The standard InChI is InChI=1S/C21H35N3O4/c1-17(2)28-13-5-8-22-21(25)16-24-11-9-23(10-12-24)15-18-14-19(26-3)6-7-20(18)27-4/h6-7,14,17H,5,8-13,15-16H2,1-4H3,(H,22,25)/p+2. The lowest BCUT2D eigenvalue weighted by atomic mass is 10.1. The number of benzene rings is 1. The number of rotatable bonds is 11. The molecule has 1 fully saturated rings. The topological polar surface area (TPSA) is 65.7 Å². The number of hydrogen-bond donors (Lipinski definition) is 3. The fraction of sp³-hybridized carbons (Fsp3) is 0.667. The molecule has 0 atom stereocenters. The summed E-state index contributed by atoms with van der Waals surface area (Å²) >= 11 is 0. The molecule has 1 aromatic rings. The molecule has 0 radical (unpaired) electrons. The maximum absolute atomic E-state index is 12.1. The molecule has 28 heavy (non-hydrogen) atoms. The summed E-state index contributed by atoms with van der Waals surface area (Å²) < 4.78 is 16.3. The number of nitrogens with one attached hydrogen (secondary N) is 3. The van der Waals surface area contributed by atoms with Crippen molar-refractivity contribution in [3.05, 3.63) is 23.8 Å². The third-order valence-corrected chi connectivity index (χ3v) is 5.10. The van der Waals surface area contributed by atoms with Crippen LogP contribution in [-0.2, 0) is 16.1 Å². The number of carbonyl (C=O) groups excluding carboxylic acids is 1. The van der Waals surface area contributed by atoms with Gasteiger partial charge in [-0.2, -0.15) is 0 Å². The zero-order valence-electron chi connectivity index (χ0n) is 17.8. The Morgan fingerprint density at radius 2 is 1.82 bits per heavy atom. The largest absolute Gasteiger partial charge is 0.497 e. The highest BCUT2D eigenvalue weighted by Crippen LogP contribution is 2.23. The highest BCUT2D eigenvalue weighted by molar-refractivity contribution is 5.76. The van der Waals surface area contributed by atoms with Gasteiger partial charge in [0.1, 0.15) is 44.2 Å². The number of methoxy groups -OCH3 is 2. The van der Waals surface area contributed by atoms with E-state index in [1.165, 1.54) is 15.4 Å². The second-order valence-electron chi connectivity index (χ2n) is 7.65. The van der Waals surface area contributed by atoms with Crippen LogP contribution in [0.3, 0.4) is 0 Å². The van der Waals surface area contributed by atoms with Crippen molar-refractivity contribution in [2.45, 2.75) is 32.9 Å². The van der Waals surface area contributed by atoms with Crippen LogP contribution in [0.1, 0.15) is 25.8 Å².